The molecule has 6 heteroatoms. The maximum absolute atomic E-state index is 12.3. The zero-order valence-electron chi connectivity index (χ0n) is 14.7. The molecule has 2 amide bonds. The van der Waals surface area contributed by atoms with Gasteiger partial charge in [-0.25, -0.2) is 4.79 Å². The van der Waals surface area contributed by atoms with Crippen LogP contribution in [0.25, 0.3) is 0 Å². The highest BCUT2D eigenvalue weighted by Crippen LogP contribution is 2.12. The van der Waals surface area contributed by atoms with E-state index in [2.05, 4.69) is 10.2 Å². The van der Waals surface area contributed by atoms with Crippen molar-refractivity contribution in [3.63, 3.8) is 0 Å². The molecule has 1 aliphatic rings. The molecule has 132 valence electrons. The van der Waals surface area contributed by atoms with E-state index in [1.54, 1.807) is 0 Å². The van der Waals surface area contributed by atoms with Crippen molar-refractivity contribution in [2.24, 2.45) is 0 Å². The molecule has 0 aromatic heterocycles. The van der Waals surface area contributed by atoms with E-state index in [9.17, 15) is 9.59 Å². The van der Waals surface area contributed by atoms with Crippen LogP contribution in [0, 0.1) is 0 Å². The Morgan fingerprint density at radius 2 is 1.92 bits per heavy atom. The maximum Gasteiger partial charge on any atom is 0.407 e. The second-order valence-corrected chi connectivity index (χ2v) is 7.30. The summed E-state index contributed by atoms with van der Waals surface area (Å²) in [6.07, 6.45) is -0.0195. The zero-order valence-corrected chi connectivity index (χ0v) is 14.7. The number of hydrogen-bond acceptors (Lipinski definition) is 3. The van der Waals surface area contributed by atoms with E-state index in [0.29, 0.717) is 25.2 Å². The molecule has 1 heterocycles. The van der Waals surface area contributed by atoms with Gasteiger partial charge in [0.25, 0.3) is 5.91 Å². The summed E-state index contributed by atoms with van der Waals surface area (Å²) < 4.78 is 0. The van der Waals surface area contributed by atoms with Gasteiger partial charge in [0, 0.05) is 43.8 Å². The molecule has 0 spiro atoms. The van der Waals surface area contributed by atoms with Crippen molar-refractivity contribution in [1.29, 1.82) is 0 Å². The lowest BCUT2D eigenvalue weighted by atomic mass is 10.1. The number of rotatable bonds is 3. The summed E-state index contributed by atoms with van der Waals surface area (Å²) >= 11 is 0. The van der Waals surface area contributed by atoms with Gasteiger partial charge < -0.3 is 15.3 Å². The fraction of sp³-hybridized carbons (Fsp3) is 0.556. The Balaban J connectivity index is 1.99. The standard InChI is InChI=1S/C18H27N3O3/c1-18(2,3)19-16(22)15-7-4-6-14(12-15)13-20-8-5-9-21(11-10-20)17(23)24/h4,6-7,12H,5,8-11,13H2,1-3H3,(H,19,22)(H,23,24). The molecule has 1 fully saturated rings. The number of nitrogens with zero attached hydrogens (tertiary/aromatic N) is 2. The number of carbonyl (C=O) groups is 2. The zero-order chi connectivity index (χ0) is 17.7. The first-order chi connectivity index (χ1) is 11.2. The lowest BCUT2D eigenvalue weighted by Gasteiger charge is -2.22. The van der Waals surface area contributed by atoms with Gasteiger partial charge in [0.2, 0.25) is 0 Å². The Morgan fingerprint density at radius 3 is 2.58 bits per heavy atom. The smallest absolute Gasteiger partial charge is 0.407 e. The summed E-state index contributed by atoms with van der Waals surface area (Å²) in [5, 5.41) is 12.1. The predicted octanol–water partition coefficient (Wildman–Crippen LogP) is 2.40. The van der Waals surface area contributed by atoms with Crippen LogP contribution in [0.1, 0.15) is 43.1 Å². The average Bonchev–Trinajstić information content (AvgIpc) is 2.71. The molecule has 0 atom stereocenters. The molecule has 2 N–H and O–H groups in total. The topological polar surface area (TPSA) is 72.9 Å². The highest BCUT2D eigenvalue weighted by atomic mass is 16.4. The Labute approximate surface area is 143 Å². The molecule has 0 unspecified atom stereocenters. The van der Waals surface area contributed by atoms with Gasteiger partial charge in [0.15, 0.2) is 0 Å². The van der Waals surface area contributed by atoms with E-state index in [1.807, 2.05) is 45.0 Å². The molecular formula is C18H27N3O3. The summed E-state index contributed by atoms with van der Waals surface area (Å²) in [5.41, 5.74) is 1.46. The van der Waals surface area contributed by atoms with Gasteiger partial charge in [0.05, 0.1) is 0 Å². The lowest BCUT2D eigenvalue weighted by molar-refractivity contribution is 0.0919. The van der Waals surface area contributed by atoms with Gasteiger partial charge in [-0.2, -0.15) is 0 Å². The molecule has 0 bridgehead atoms. The molecule has 0 aliphatic carbocycles. The molecule has 6 nitrogen and oxygen atoms in total. The fourth-order valence-corrected chi connectivity index (χ4v) is 2.80. The minimum atomic E-state index is -0.849. The van der Waals surface area contributed by atoms with Crippen molar-refractivity contribution in [3.05, 3.63) is 35.4 Å². The Kier molecular flexibility index (Phi) is 5.83. The highest BCUT2D eigenvalue weighted by molar-refractivity contribution is 5.94. The SMILES string of the molecule is CC(C)(C)NC(=O)c1cccc(CN2CCCN(C(=O)O)CC2)c1. The Hall–Kier alpha value is -2.08. The van der Waals surface area contributed by atoms with E-state index < -0.39 is 6.09 Å². The minimum absolute atomic E-state index is 0.0720. The summed E-state index contributed by atoms with van der Waals surface area (Å²) in [6.45, 7) is 9.29. The van der Waals surface area contributed by atoms with Crippen molar-refractivity contribution in [2.75, 3.05) is 26.2 Å². The first kappa shape index (κ1) is 18.3. The number of benzene rings is 1. The largest absolute Gasteiger partial charge is 0.465 e. The van der Waals surface area contributed by atoms with E-state index in [1.165, 1.54) is 4.90 Å². The summed E-state index contributed by atoms with van der Waals surface area (Å²) in [5.74, 6) is -0.0720. The summed E-state index contributed by atoms with van der Waals surface area (Å²) in [6, 6.07) is 7.64. The van der Waals surface area contributed by atoms with Crippen LogP contribution in [0.5, 0.6) is 0 Å². The third-order valence-electron chi connectivity index (χ3n) is 3.94. The normalized spacial score (nSPS) is 16.5. The van der Waals surface area contributed by atoms with Crippen LogP contribution in [0.3, 0.4) is 0 Å². The second-order valence-electron chi connectivity index (χ2n) is 7.30. The highest BCUT2D eigenvalue weighted by Gasteiger charge is 2.19. The first-order valence-corrected chi connectivity index (χ1v) is 8.36. The van der Waals surface area contributed by atoms with Crippen molar-refractivity contribution >= 4 is 12.0 Å². The van der Waals surface area contributed by atoms with Gasteiger partial charge in [-0.15, -0.1) is 0 Å². The van der Waals surface area contributed by atoms with Crippen LogP contribution in [0.15, 0.2) is 24.3 Å². The average molecular weight is 333 g/mol. The van der Waals surface area contributed by atoms with Gasteiger partial charge in [-0.3, -0.25) is 9.69 Å². The fourth-order valence-electron chi connectivity index (χ4n) is 2.80. The summed E-state index contributed by atoms with van der Waals surface area (Å²) in [4.78, 5) is 27.1. The van der Waals surface area contributed by atoms with Gasteiger partial charge in [0.1, 0.15) is 0 Å². The van der Waals surface area contributed by atoms with E-state index >= 15 is 0 Å². The molecular weight excluding hydrogens is 306 g/mol. The molecule has 2 rings (SSSR count). The summed E-state index contributed by atoms with van der Waals surface area (Å²) in [7, 11) is 0. The predicted molar refractivity (Wildman–Crippen MR) is 93.2 cm³/mol. The van der Waals surface area contributed by atoms with Crippen LogP contribution in [-0.4, -0.2) is 58.6 Å². The van der Waals surface area contributed by atoms with Gasteiger partial charge in [-0.1, -0.05) is 12.1 Å². The monoisotopic (exact) mass is 333 g/mol. The quantitative estimate of drug-likeness (QED) is 0.891. The van der Waals surface area contributed by atoms with E-state index in [4.69, 9.17) is 5.11 Å². The van der Waals surface area contributed by atoms with Crippen LogP contribution in [0.4, 0.5) is 4.79 Å². The van der Waals surface area contributed by atoms with Crippen LogP contribution in [0.2, 0.25) is 0 Å². The Morgan fingerprint density at radius 1 is 1.17 bits per heavy atom. The van der Waals surface area contributed by atoms with Crippen LogP contribution < -0.4 is 5.32 Å². The molecule has 24 heavy (non-hydrogen) atoms. The third kappa shape index (κ3) is 5.53. The molecule has 1 aromatic carbocycles. The van der Waals surface area contributed by atoms with Crippen molar-refractivity contribution < 1.29 is 14.7 Å². The van der Waals surface area contributed by atoms with Gasteiger partial charge in [-0.05, 0) is 44.9 Å². The number of carboxylic acid groups (broad SMARTS) is 1. The van der Waals surface area contributed by atoms with Crippen molar-refractivity contribution in [1.82, 2.24) is 15.1 Å². The second kappa shape index (κ2) is 7.66. The number of carbonyl (C=O) groups excluding carboxylic acids is 1. The van der Waals surface area contributed by atoms with Crippen molar-refractivity contribution in [3.8, 4) is 0 Å². The number of nitrogens with one attached hydrogen (secondary N) is 1. The molecule has 0 radical (unpaired) electrons. The minimum Gasteiger partial charge on any atom is -0.465 e. The first-order valence-electron chi connectivity index (χ1n) is 8.36. The maximum atomic E-state index is 12.3. The number of hydrogen-bond donors (Lipinski definition) is 2. The lowest BCUT2D eigenvalue weighted by Crippen LogP contribution is -2.40. The number of amides is 2. The van der Waals surface area contributed by atoms with Crippen LogP contribution >= 0.6 is 0 Å². The molecule has 1 saturated heterocycles. The Bertz CT molecular complexity index is 595. The third-order valence-corrected chi connectivity index (χ3v) is 3.94. The van der Waals surface area contributed by atoms with Gasteiger partial charge >= 0.3 is 6.09 Å². The van der Waals surface area contributed by atoms with E-state index in [0.717, 1.165) is 25.1 Å². The van der Waals surface area contributed by atoms with Crippen LogP contribution in [-0.2, 0) is 6.54 Å². The molecule has 1 aliphatic heterocycles. The van der Waals surface area contributed by atoms with Crippen molar-refractivity contribution in [2.45, 2.75) is 39.3 Å². The molecule has 0 saturated carbocycles. The van der Waals surface area contributed by atoms with E-state index in [-0.39, 0.29) is 11.4 Å². The molecule has 1 aromatic rings.